The summed E-state index contributed by atoms with van der Waals surface area (Å²) >= 11 is 6.21. The van der Waals surface area contributed by atoms with Gasteiger partial charge in [-0.1, -0.05) is 0 Å². The molecule has 0 heterocycles. The number of hydrogen-bond donors (Lipinski definition) is 1. The van der Waals surface area contributed by atoms with Gasteiger partial charge >= 0.3 is 0 Å². The number of methoxy groups -OCH3 is 2. The molecule has 4 nitrogen and oxygen atoms in total. The normalized spacial score (nSPS) is 12.7. The maximum absolute atomic E-state index is 12.1. The molecule has 1 atom stereocenters. The number of rotatable bonds is 4. The van der Waals surface area contributed by atoms with E-state index in [2.05, 4.69) is 5.32 Å². The Hall–Kier alpha value is -1.42. The summed E-state index contributed by atoms with van der Waals surface area (Å²) in [5.41, 5.74) is 0.288. The van der Waals surface area contributed by atoms with E-state index in [0.717, 1.165) is 0 Å². The van der Waals surface area contributed by atoms with Gasteiger partial charge in [0.15, 0.2) is 0 Å². The van der Waals surface area contributed by atoms with Gasteiger partial charge in [-0.25, -0.2) is 0 Å². The summed E-state index contributed by atoms with van der Waals surface area (Å²) in [6, 6.07) is 5.18. The molecular weight excluding hydrogens is 266 g/mol. The van der Waals surface area contributed by atoms with Gasteiger partial charge in [0.2, 0.25) is 5.91 Å². The van der Waals surface area contributed by atoms with E-state index >= 15 is 0 Å². The molecule has 0 aliphatic carbocycles. The van der Waals surface area contributed by atoms with Crippen LogP contribution in [0.2, 0.25) is 0 Å². The van der Waals surface area contributed by atoms with E-state index in [-0.39, 0.29) is 11.4 Å². The molecule has 1 aromatic carbocycles. The Kier molecular flexibility index (Phi) is 5.06. The lowest BCUT2D eigenvalue weighted by molar-refractivity contribution is -0.122. The second kappa shape index (κ2) is 6.15. The van der Waals surface area contributed by atoms with Crippen molar-refractivity contribution in [2.75, 3.05) is 14.2 Å². The first kappa shape index (κ1) is 15.6. The summed E-state index contributed by atoms with van der Waals surface area (Å²) in [6.45, 7) is 5.71. The molecule has 0 radical (unpaired) electrons. The molecule has 0 aromatic heterocycles. The lowest BCUT2D eigenvalue weighted by atomic mass is 10.1. The van der Waals surface area contributed by atoms with Crippen molar-refractivity contribution in [2.24, 2.45) is 0 Å². The van der Waals surface area contributed by atoms with Crippen LogP contribution in [-0.4, -0.2) is 25.7 Å². The van der Waals surface area contributed by atoms with Crippen molar-refractivity contribution in [1.82, 2.24) is 5.32 Å². The first-order valence-corrected chi connectivity index (χ1v) is 6.40. The summed E-state index contributed by atoms with van der Waals surface area (Å²) in [4.78, 5) is 12.1. The monoisotopic (exact) mass is 285 g/mol. The van der Waals surface area contributed by atoms with Crippen LogP contribution in [0.1, 0.15) is 31.7 Å². The Balaban J connectivity index is 2.99. The quantitative estimate of drug-likeness (QED) is 0.866. The van der Waals surface area contributed by atoms with Gasteiger partial charge < -0.3 is 14.8 Å². The van der Waals surface area contributed by atoms with Gasteiger partial charge in [0.1, 0.15) is 16.9 Å². The van der Waals surface area contributed by atoms with Crippen LogP contribution < -0.4 is 14.8 Å². The van der Waals surface area contributed by atoms with E-state index in [9.17, 15) is 4.79 Å². The molecule has 0 aliphatic heterocycles. The highest BCUT2D eigenvalue weighted by atomic mass is 35.5. The molecule has 1 rings (SSSR count). The van der Waals surface area contributed by atoms with Crippen LogP contribution in [-0.2, 0) is 4.79 Å². The van der Waals surface area contributed by atoms with E-state index in [0.29, 0.717) is 17.1 Å². The highest BCUT2D eigenvalue weighted by Crippen LogP contribution is 2.33. The number of ether oxygens (including phenoxy) is 2. The van der Waals surface area contributed by atoms with Crippen molar-refractivity contribution < 1.29 is 14.3 Å². The minimum atomic E-state index is -0.805. The lowest BCUT2D eigenvalue weighted by Crippen LogP contribution is -2.42. The Morgan fingerprint density at radius 3 is 2.37 bits per heavy atom. The van der Waals surface area contributed by atoms with Crippen molar-refractivity contribution in [3.8, 4) is 11.5 Å². The fourth-order valence-electron chi connectivity index (χ4n) is 1.60. The molecule has 1 aromatic rings. The second-order valence-corrected chi connectivity index (χ2v) is 5.65. The molecule has 0 fully saturated rings. The highest BCUT2D eigenvalue weighted by molar-refractivity contribution is 6.31. The summed E-state index contributed by atoms with van der Waals surface area (Å²) in [5, 5.41) is 2.03. The third kappa shape index (κ3) is 4.31. The molecule has 0 bridgehead atoms. The van der Waals surface area contributed by atoms with E-state index in [1.165, 1.54) is 7.11 Å². The topological polar surface area (TPSA) is 47.6 Å². The predicted octanol–water partition coefficient (Wildman–Crippen LogP) is 2.90. The third-order valence-electron chi connectivity index (χ3n) is 2.44. The first-order valence-electron chi connectivity index (χ1n) is 5.96. The summed E-state index contributed by atoms with van der Waals surface area (Å²) in [7, 11) is 3.10. The number of halogens is 1. The zero-order valence-corrected chi connectivity index (χ0v) is 12.7. The van der Waals surface area contributed by atoms with Gasteiger partial charge in [0.25, 0.3) is 0 Å². The molecule has 0 spiro atoms. The van der Waals surface area contributed by atoms with Crippen LogP contribution in [0.3, 0.4) is 0 Å². The second-order valence-electron chi connectivity index (χ2n) is 5.21. The van der Waals surface area contributed by atoms with Crippen LogP contribution in [0.4, 0.5) is 0 Å². The predicted molar refractivity (Wildman–Crippen MR) is 76.0 cm³/mol. The van der Waals surface area contributed by atoms with Gasteiger partial charge in [-0.3, -0.25) is 4.79 Å². The van der Waals surface area contributed by atoms with Crippen molar-refractivity contribution >= 4 is 17.5 Å². The molecule has 1 amide bonds. The minimum Gasteiger partial charge on any atom is -0.497 e. The SMILES string of the molecule is COc1ccc(C(Cl)C(=O)NC(C)(C)C)c(OC)c1. The van der Waals surface area contributed by atoms with Gasteiger partial charge in [-0.2, -0.15) is 0 Å². The fourth-order valence-corrected chi connectivity index (χ4v) is 1.84. The summed E-state index contributed by atoms with van der Waals surface area (Å²) in [5.74, 6) is 0.932. The van der Waals surface area contributed by atoms with Crippen LogP contribution in [0.5, 0.6) is 11.5 Å². The number of carbonyl (C=O) groups excluding carboxylic acids is 1. The van der Waals surface area contributed by atoms with Crippen LogP contribution in [0.15, 0.2) is 18.2 Å². The maximum atomic E-state index is 12.1. The number of benzene rings is 1. The molecule has 0 saturated heterocycles. The zero-order chi connectivity index (χ0) is 14.6. The van der Waals surface area contributed by atoms with E-state index in [4.69, 9.17) is 21.1 Å². The average molecular weight is 286 g/mol. The van der Waals surface area contributed by atoms with E-state index in [1.54, 1.807) is 25.3 Å². The Morgan fingerprint density at radius 1 is 1.26 bits per heavy atom. The standard InChI is InChI=1S/C14H20ClNO3/c1-14(2,3)16-13(17)12(15)10-7-6-9(18-4)8-11(10)19-5/h6-8,12H,1-5H3,(H,16,17). The van der Waals surface area contributed by atoms with Crippen molar-refractivity contribution in [2.45, 2.75) is 31.7 Å². The Morgan fingerprint density at radius 2 is 1.89 bits per heavy atom. The lowest BCUT2D eigenvalue weighted by Gasteiger charge is -2.23. The third-order valence-corrected chi connectivity index (χ3v) is 2.88. The van der Waals surface area contributed by atoms with Crippen LogP contribution in [0, 0.1) is 0 Å². The molecule has 1 N–H and O–H groups in total. The Bertz CT molecular complexity index is 454. The number of nitrogens with one attached hydrogen (secondary N) is 1. The highest BCUT2D eigenvalue weighted by Gasteiger charge is 2.25. The number of carbonyl (C=O) groups is 1. The molecule has 5 heteroatoms. The molecule has 1 unspecified atom stereocenters. The smallest absolute Gasteiger partial charge is 0.243 e. The van der Waals surface area contributed by atoms with Crippen LogP contribution in [0.25, 0.3) is 0 Å². The fraction of sp³-hybridized carbons (Fsp3) is 0.500. The van der Waals surface area contributed by atoms with Gasteiger partial charge in [0, 0.05) is 17.2 Å². The Labute approximate surface area is 119 Å². The molecule has 0 aliphatic rings. The maximum Gasteiger partial charge on any atom is 0.243 e. The molecule has 0 saturated carbocycles. The van der Waals surface area contributed by atoms with Gasteiger partial charge in [-0.15, -0.1) is 11.6 Å². The molecular formula is C14H20ClNO3. The first-order chi connectivity index (χ1) is 8.78. The van der Waals surface area contributed by atoms with Crippen LogP contribution >= 0.6 is 11.6 Å². The van der Waals surface area contributed by atoms with Crippen molar-refractivity contribution in [3.63, 3.8) is 0 Å². The average Bonchev–Trinajstić information content (AvgIpc) is 2.35. The summed E-state index contributed by atoms with van der Waals surface area (Å²) < 4.78 is 10.4. The largest absolute Gasteiger partial charge is 0.497 e. The van der Waals surface area contributed by atoms with Crippen molar-refractivity contribution in [1.29, 1.82) is 0 Å². The van der Waals surface area contributed by atoms with Gasteiger partial charge in [-0.05, 0) is 32.9 Å². The van der Waals surface area contributed by atoms with E-state index in [1.807, 2.05) is 20.8 Å². The number of alkyl halides is 1. The van der Waals surface area contributed by atoms with E-state index < -0.39 is 5.38 Å². The molecule has 19 heavy (non-hydrogen) atoms. The summed E-state index contributed by atoms with van der Waals surface area (Å²) in [6.07, 6.45) is 0. The number of amides is 1. The molecule has 106 valence electrons. The zero-order valence-electron chi connectivity index (χ0n) is 11.9. The van der Waals surface area contributed by atoms with Gasteiger partial charge in [0.05, 0.1) is 14.2 Å². The minimum absolute atomic E-state index is 0.252. The van der Waals surface area contributed by atoms with Crippen molar-refractivity contribution in [3.05, 3.63) is 23.8 Å². The number of hydrogen-bond acceptors (Lipinski definition) is 3.